The molecule has 19 heavy (non-hydrogen) atoms. The molecule has 0 aliphatic rings. The second kappa shape index (κ2) is 6.45. The fraction of sp³-hybridized carbons (Fsp3) is 0.200. The van der Waals surface area contributed by atoms with Crippen LogP contribution in [0.2, 0.25) is 5.02 Å². The normalized spacial score (nSPS) is 10.4. The van der Waals surface area contributed by atoms with Crippen LogP contribution in [0.25, 0.3) is 0 Å². The fourth-order valence-electron chi connectivity index (χ4n) is 1.85. The van der Waals surface area contributed by atoms with E-state index in [1.807, 2.05) is 24.3 Å². The lowest BCUT2D eigenvalue weighted by Crippen LogP contribution is -2.01. The molecular formula is C15H16ClNO2. The van der Waals surface area contributed by atoms with Crippen molar-refractivity contribution < 1.29 is 9.84 Å². The molecule has 0 spiro atoms. The Morgan fingerprint density at radius 3 is 2.74 bits per heavy atom. The van der Waals surface area contributed by atoms with Gasteiger partial charge in [0.25, 0.3) is 0 Å². The van der Waals surface area contributed by atoms with Crippen molar-refractivity contribution in [1.82, 2.24) is 0 Å². The minimum absolute atomic E-state index is 0.202. The summed E-state index contributed by atoms with van der Waals surface area (Å²) < 4.78 is 5.09. The number of anilines is 1. The van der Waals surface area contributed by atoms with E-state index < -0.39 is 0 Å². The Hall–Kier alpha value is -1.71. The Morgan fingerprint density at radius 1 is 1.21 bits per heavy atom. The molecule has 4 heteroatoms. The predicted octanol–water partition coefficient (Wildman–Crippen LogP) is 3.80. The number of methoxy groups -OCH3 is 1. The summed E-state index contributed by atoms with van der Waals surface area (Å²) in [5.74, 6) is 0.202. The molecule has 2 N–H and O–H groups in total. The predicted molar refractivity (Wildman–Crippen MR) is 77.6 cm³/mol. The molecule has 0 bridgehead atoms. The Labute approximate surface area is 117 Å². The van der Waals surface area contributed by atoms with E-state index in [1.54, 1.807) is 25.3 Å². The number of ether oxygens (including phenoxy) is 1. The van der Waals surface area contributed by atoms with E-state index in [0.29, 0.717) is 23.7 Å². The van der Waals surface area contributed by atoms with E-state index >= 15 is 0 Å². The number of hydrogen-bond donors (Lipinski definition) is 2. The highest BCUT2D eigenvalue weighted by Gasteiger charge is 2.05. The van der Waals surface area contributed by atoms with Gasteiger partial charge >= 0.3 is 0 Å². The van der Waals surface area contributed by atoms with E-state index in [4.69, 9.17) is 16.3 Å². The van der Waals surface area contributed by atoms with Crippen molar-refractivity contribution in [3.63, 3.8) is 0 Å². The molecule has 0 aliphatic carbocycles. The third-order valence-electron chi connectivity index (χ3n) is 2.80. The topological polar surface area (TPSA) is 41.5 Å². The van der Waals surface area contributed by atoms with Crippen molar-refractivity contribution in [3.8, 4) is 5.75 Å². The van der Waals surface area contributed by atoms with E-state index in [-0.39, 0.29) is 5.75 Å². The lowest BCUT2D eigenvalue weighted by atomic mass is 10.1. The summed E-state index contributed by atoms with van der Waals surface area (Å²) in [5.41, 5.74) is 2.76. The average Bonchev–Trinajstić information content (AvgIpc) is 2.39. The first-order chi connectivity index (χ1) is 9.20. The molecule has 0 saturated carbocycles. The van der Waals surface area contributed by atoms with Gasteiger partial charge in [-0.25, -0.2) is 0 Å². The molecule has 0 aliphatic heterocycles. The number of benzene rings is 2. The highest BCUT2D eigenvalue weighted by Crippen LogP contribution is 2.26. The summed E-state index contributed by atoms with van der Waals surface area (Å²) in [6.07, 6.45) is 0. The van der Waals surface area contributed by atoms with Gasteiger partial charge in [0.05, 0.1) is 6.61 Å². The summed E-state index contributed by atoms with van der Waals surface area (Å²) in [6, 6.07) is 13.1. The van der Waals surface area contributed by atoms with Crippen molar-refractivity contribution in [1.29, 1.82) is 0 Å². The van der Waals surface area contributed by atoms with Crippen LogP contribution in [0, 0.1) is 0 Å². The highest BCUT2D eigenvalue weighted by atomic mass is 35.5. The average molecular weight is 278 g/mol. The first-order valence-electron chi connectivity index (χ1n) is 5.99. The van der Waals surface area contributed by atoms with Crippen molar-refractivity contribution in [2.75, 3.05) is 12.4 Å². The van der Waals surface area contributed by atoms with Gasteiger partial charge in [0.1, 0.15) is 5.75 Å². The molecule has 0 saturated heterocycles. The van der Waals surface area contributed by atoms with Gasteiger partial charge in [0.15, 0.2) is 0 Å². The van der Waals surface area contributed by atoms with Gasteiger partial charge in [-0.3, -0.25) is 0 Å². The van der Waals surface area contributed by atoms with E-state index in [9.17, 15) is 5.11 Å². The van der Waals surface area contributed by atoms with Gasteiger partial charge in [-0.2, -0.15) is 0 Å². The SMILES string of the molecule is COCc1cccc(NCc2c(O)cccc2Cl)c1. The van der Waals surface area contributed by atoms with Crippen LogP contribution >= 0.6 is 11.6 Å². The third kappa shape index (κ3) is 3.63. The fourth-order valence-corrected chi connectivity index (χ4v) is 2.09. The van der Waals surface area contributed by atoms with Crippen molar-refractivity contribution in [3.05, 3.63) is 58.6 Å². The number of nitrogens with one attached hydrogen (secondary N) is 1. The van der Waals surface area contributed by atoms with Gasteiger partial charge in [-0.1, -0.05) is 29.8 Å². The van der Waals surface area contributed by atoms with Gasteiger partial charge in [-0.15, -0.1) is 0 Å². The molecule has 0 amide bonds. The van der Waals surface area contributed by atoms with E-state index in [0.717, 1.165) is 11.3 Å². The third-order valence-corrected chi connectivity index (χ3v) is 3.16. The Balaban J connectivity index is 2.08. The van der Waals surface area contributed by atoms with Crippen LogP contribution < -0.4 is 5.32 Å². The van der Waals surface area contributed by atoms with Crippen LogP contribution in [0.15, 0.2) is 42.5 Å². The van der Waals surface area contributed by atoms with Gasteiger partial charge in [-0.05, 0) is 29.8 Å². The van der Waals surface area contributed by atoms with E-state index in [1.165, 1.54) is 0 Å². The first-order valence-corrected chi connectivity index (χ1v) is 6.36. The van der Waals surface area contributed by atoms with Gasteiger partial charge < -0.3 is 15.2 Å². The van der Waals surface area contributed by atoms with Crippen LogP contribution in [0.5, 0.6) is 5.75 Å². The number of hydrogen-bond acceptors (Lipinski definition) is 3. The smallest absolute Gasteiger partial charge is 0.122 e. The lowest BCUT2D eigenvalue weighted by molar-refractivity contribution is 0.185. The van der Waals surface area contributed by atoms with Crippen molar-refractivity contribution in [2.24, 2.45) is 0 Å². The summed E-state index contributed by atoms with van der Waals surface area (Å²) in [5, 5.41) is 13.6. The number of rotatable bonds is 5. The zero-order valence-electron chi connectivity index (χ0n) is 10.7. The molecule has 2 aromatic carbocycles. The molecule has 0 fully saturated rings. The molecule has 2 aromatic rings. The maximum absolute atomic E-state index is 9.76. The molecule has 0 aromatic heterocycles. The lowest BCUT2D eigenvalue weighted by Gasteiger charge is -2.10. The molecule has 0 atom stereocenters. The molecule has 0 heterocycles. The summed E-state index contributed by atoms with van der Waals surface area (Å²) >= 11 is 6.06. The quantitative estimate of drug-likeness (QED) is 0.873. The standard InChI is InChI=1S/C15H16ClNO2/c1-19-10-11-4-2-5-12(8-11)17-9-13-14(16)6-3-7-15(13)18/h2-8,17-18H,9-10H2,1H3. The second-order valence-electron chi connectivity index (χ2n) is 4.22. The van der Waals surface area contributed by atoms with Crippen LogP contribution in [-0.4, -0.2) is 12.2 Å². The minimum atomic E-state index is 0.202. The monoisotopic (exact) mass is 277 g/mol. The summed E-state index contributed by atoms with van der Waals surface area (Å²) in [7, 11) is 1.67. The van der Waals surface area contributed by atoms with Crippen LogP contribution in [0.1, 0.15) is 11.1 Å². The maximum Gasteiger partial charge on any atom is 0.122 e. The first kappa shape index (κ1) is 13.7. The number of phenolic OH excluding ortho intramolecular Hbond substituents is 1. The Morgan fingerprint density at radius 2 is 2.00 bits per heavy atom. The maximum atomic E-state index is 9.76. The molecule has 3 nitrogen and oxygen atoms in total. The van der Waals surface area contributed by atoms with E-state index in [2.05, 4.69) is 5.32 Å². The second-order valence-corrected chi connectivity index (χ2v) is 4.63. The molecule has 2 rings (SSSR count). The van der Waals surface area contributed by atoms with Crippen LogP contribution in [0.3, 0.4) is 0 Å². The number of aromatic hydroxyl groups is 1. The molecule has 0 radical (unpaired) electrons. The zero-order chi connectivity index (χ0) is 13.7. The Bertz CT molecular complexity index is 537. The largest absolute Gasteiger partial charge is 0.508 e. The molecular weight excluding hydrogens is 262 g/mol. The molecule has 100 valence electrons. The summed E-state index contributed by atoms with van der Waals surface area (Å²) in [6.45, 7) is 1.05. The van der Waals surface area contributed by atoms with Crippen molar-refractivity contribution in [2.45, 2.75) is 13.2 Å². The van der Waals surface area contributed by atoms with Crippen LogP contribution in [0.4, 0.5) is 5.69 Å². The minimum Gasteiger partial charge on any atom is -0.508 e. The van der Waals surface area contributed by atoms with Gasteiger partial charge in [0.2, 0.25) is 0 Å². The van der Waals surface area contributed by atoms with Crippen molar-refractivity contribution >= 4 is 17.3 Å². The van der Waals surface area contributed by atoms with Gasteiger partial charge in [0, 0.05) is 29.9 Å². The summed E-state index contributed by atoms with van der Waals surface area (Å²) in [4.78, 5) is 0. The number of phenols is 1. The number of halogens is 1. The highest BCUT2D eigenvalue weighted by molar-refractivity contribution is 6.31. The zero-order valence-corrected chi connectivity index (χ0v) is 11.4. The Kier molecular flexibility index (Phi) is 4.66. The molecule has 0 unspecified atom stereocenters. The van der Waals surface area contributed by atoms with Crippen LogP contribution in [-0.2, 0) is 17.9 Å².